The van der Waals surface area contributed by atoms with Crippen LogP contribution in [0.5, 0.6) is 5.75 Å². The lowest BCUT2D eigenvalue weighted by atomic mass is 9.95. The molecule has 162 valence electrons. The number of benzene rings is 2. The summed E-state index contributed by atoms with van der Waals surface area (Å²) in [6, 6.07) is 16.5. The molecule has 0 spiro atoms. The molecular weight excluding hydrogens is 428 g/mol. The van der Waals surface area contributed by atoms with Gasteiger partial charge in [-0.3, -0.25) is 14.6 Å². The lowest BCUT2D eigenvalue weighted by Gasteiger charge is -2.25. The highest BCUT2D eigenvalue weighted by Crippen LogP contribution is 2.40. The number of likely N-dealkylation sites (tertiary alicyclic amines) is 1. The maximum absolute atomic E-state index is 13.1. The number of hydrogen-bond donors (Lipinski definition) is 1. The zero-order valence-electron chi connectivity index (χ0n) is 17.4. The van der Waals surface area contributed by atoms with Crippen LogP contribution in [0.4, 0.5) is 0 Å². The minimum absolute atomic E-state index is 0.0278. The molecule has 0 bridgehead atoms. The summed E-state index contributed by atoms with van der Waals surface area (Å²) in [6.45, 7) is 2.51. The second kappa shape index (κ2) is 9.24. The maximum Gasteiger partial charge on any atom is 0.295 e. The molecule has 2 heterocycles. The number of amides is 1. The fraction of sp³-hybridized carbons (Fsp3) is 0.160. The van der Waals surface area contributed by atoms with Crippen molar-refractivity contribution in [3.8, 4) is 5.75 Å². The fourth-order valence-corrected chi connectivity index (χ4v) is 3.90. The van der Waals surface area contributed by atoms with Crippen molar-refractivity contribution in [1.82, 2.24) is 9.88 Å². The molecule has 1 N–H and O–H groups in total. The van der Waals surface area contributed by atoms with Crippen LogP contribution in [0.15, 0.2) is 78.6 Å². The second-order valence-electron chi connectivity index (χ2n) is 7.29. The van der Waals surface area contributed by atoms with Gasteiger partial charge in [-0.15, -0.1) is 0 Å². The van der Waals surface area contributed by atoms with Gasteiger partial charge in [0.05, 0.1) is 18.2 Å². The molecule has 1 unspecified atom stereocenters. The SMILES string of the molecule is CCOc1cccc(/C(O)=C2\C(=O)C(=O)N(Cc3ccncc3)C2c2ccc(Cl)cc2)c1. The van der Waals surface area contributed by atoms with Crippen molar-refractivity contribution in [3.63, 3.8) is 0 Å². The molecule has 0 saturated carbocycles. The third kappa shape index (κ3) is 4.22. The number of aromatic nitrogens is 1. The highest BCUT2D eigenvalue weighted by molar-refractivity contribution is 6.46. The Labute approximate surface area is 190 Å². The van der Waals surface area contributed by atoms with Crippen molar-refractivity contribution in [1.29, 1.82) is 0 Å². The van der Waals surface area contributed by atoms with Gasteiger partial charge in [-0.05, 0) is 54.4 Å². The molecule has 6 nitrogen and oxygen atoms in total. The number of aliphatic hydroxyl groups excluding tert-OH is 1. The Hall–Kier alpha value is -3.64. The zero-order valence-corrected chi connectivity index (χ0v) is 18.1. The predicted molar refractivity (Wildman–Crippen MR) is 121 cm³/mol. The Kier molecular flexibility index (Phi) is 6.23. The lowest BCUT2D eigenvalue weighted by molar-refractivity contribution is -0.140. The monoisotopic (exact) mass is 448 g/mol. The number of Topliss-reactive ketones (excluding diaryl/α,β-unsaturated/α-hetero) is 1. The number of hydrogen-bond acceptors (Lipinski definition) is 5. The molecule has 1 aliphatic heterocycles. The number of carbonyl (C=O) groups excluding carboxylic acids is 2. The number of ether oxygens (including phenoxy) is 1. The normalized spacial score (nSPS) is 17.6. The smallest absolute Gasteiger partial charge is 0.295 e. The number of pyridine rings is 1. The Morgan fingerprint density at radius 2 is 1.81 bits per heavy atom. The van der Waals surface area contributed by atoms with Crippen LogP contribution in [0, 0.1) is 0 Å². The number of aliphatic hydroxyl groups is 1. The number of carbonyl (C=O) groups is 2. The van der Waals surface area contributed by atoms with Gasteiger partial charge in [-0.1, -0.05) is 35.9 Å². The molecule has 4 rings (SSSR count). The zero-order chi connectivity index (χ0) is 22.7. The molecule has 7 heteroatoms. The van der Waals surface area contributed by atoms with E-state index in [1.807, 2.05) is 6.92 Å². The minimum atomic E-state index is -0.767. The number of rotatable bonds is 6. The summed E-state index contributed by atoms with van der Waals surface area (Å²) in [4.78, 5) is 31.6. The van der Waals surface area contributed by atoms with Crippen LogP contribution < -0.4 is 4.74 Å². The van der Waals surface area contributed by atoms with Crippen molar-refractivity contribution in [2.24, 2.45) is 0 Å². The van der Waals surface area contributed by atoms with Gasteiger partial charge in [-0.25, -0.2) is 0 Å². The first-order valence-corrected chi connectivity index (χ1v) is 10.5. The van der Waals surface area contributed by atoms with Crippen LogP contribution in [0.25, 0.3) is 5.76 Å². The molecule has 1 saturated heterocycles. The van der Waals surface area contributed by atoms with Crippen molar-refractivity contribution < 1.29 is 19.4 Å². The van der Waals surface area contributed by atoms with Crippen molar-refractivity contribution >= 4 is 29.1 Å². The van der Waals surface area contributed by atoms with E-state index in [1.165, 1.54) is 4.90 Å². The molecule has 0 aliphatic carbocycles. The van der Waals surface area contributed by atoms with E-state index >= 15 is 0 Å². The Balaban J connectivity index is 1.84. The van der Waals surface area contributed by atoms with Crippen LogP contribution >= 0.6 is 11.6 Å². The number of nitrogens with zero attached hydrogens (tertiary/aromatic N) is 2. The second-order valence-corrected chi connectivity index (χ2v) is 7.73. The van der Waals surface area contributed by atoms with Crippen LogP contribution in [0.3, 0.4) is 0 Å². The van der Waals surface area contributed by atoms with E-state index in [4.69, 9.17) is 16.3 Å². The third-order valence-corrected chi connectivity index (χ3v) is 5.50. The molecule has 1 aromatic heterocycles. The molecule has 1 fully saturated rings. The summed E-state index contributed by atoms with van der Waals surface area (Å²) in [6.07, 6.45) is 3.25. The Morgan fingerprint density at radius 3 is 2.50 bits per heavy atom. The summed E-state index contributed by atoms with van der Waals surface area (Å²) in [7, 11) is 0. The largest absolute Gasteiger partial charge is 0.507 e. The van der Waals surface area contributed by atoms with Gasteiger partial charge in [0.25, 0.3) is 11.7 Å². The summed E-state index contributed by atoms with van der Waals surface area (Å²) >= 11 is 6.05. The predicted octanol–water partition coefficient (Wildman–Crippen LogP) is 4.76. The molecule has 2 aromatic carbocycles. The first-order valence-electron chi connectivity index (χ1n) is 10.2. The van der Waals surface area contributed by atoms with Gasteiger partial charge >= 0.3 is 0 Å². The molecule has 32 heavy (non-hydrogen) atoms. The van der Waals surface area contributed by atoms with Gasteiger partial charge in [0.2, 0.25) is 0 Å². The van der Waals surface area contributed by atoms with E-state index in [2.05, 4.69) is 4.98 Å². The molecule has 1 atom stereocenters. The van der Waals surface area contributed by atoms with Crippen LogP contribution in [-0.2, 0) is 16.1 Å². The quantitative estimate of drug-likeness (QED) is 0.334. The lowest BCUT2D eigenvalue weighted by Crippen LogP contribution is -2.29. The molecule has 1 aliphatic rings. The molecule has 1 amide bonds. The third-order valence-electron chi connectivity index (χ3n) is 5.25. The van der Waals surface area contributed by atoms with E-state index in [0.717, 1.165) is 5.56 Å². The molecule has 0 radical (unpaired) electrons. The summed E-state index contributed by atoms with van der Waals surface area (Å²) < 4.78 is 5.52. The van der Waals surface area contributed by atoms with E-state index in [-0.39, 0.29) is 17.9 Å². The Bertz CT molecular complexity index is 1180. The first-order chi connectivity index (χ1) is 15.5. The highest BCUT2D eigenvalue weighted by Gasteiger charge is 2.46. The summed E-state index contributed by atoms with van der Waals surface area (Å²) in [5.74, 6) is -1.10. The van der Waals surface area contributed by atoms with E-state index in [9.17, 15) is 14.7 Å². The van der Waals surface area contributed by atoms with Crippen LogP contribution in [0.2, 0.25) is 5.02 Å². The number of halogens is 1. The minimum Gasteiger partial charge on any atom is -0.507 e. The van der Waals surface area contributed by atoms with Gasteiger partial charge in [0.15, 0.2) is 0 Å². The average Bonchev–Trinajstić information content (AvgIpc) is 3.05. The summed E-state index contributed by atoms with van der Waals surface area (Å²) in [5, 5.41) is 11.7. The van der Waals surface area contributed by atoms with E-state index in [0.29, 0.717) is 28.5 Å². The average molecular weight is 449 g/mol. The van der Waals surface area contributed by atoms with Gasteiger partial charge < -0.3 is 14.7 Å². The van der Waals surface area contributed by atoms with Gasteiger partial charge in [0, 0.05) is 29.5 Å². The van der Waals surface area contributed by atoms with Gasteiger partial charge in [0.1, 0.15) is 11.5 Å². The van der Waals surface area contributed by atoms with Crippen LogP contribution in [0.1, 0.15) is 29.7 Å². The topological polar surface area (TPSA) is 79.7 Å². The molecular formula is C25H21ClN2O4. The first kappa shape index (κ1) is 21.6. The van der Waals surface area contributed by atoms with E-state index in [1.54, 1.807) is 73.1 Å². The van der Waals surface area contributed by atoms with Crippen LogP contribution in [-0.4, -0.2) is 33.3 Å². The van der Waals surface area contributed by atoms with Gasteiger partial charge in [-0.2, -0.15) is 0 Å². The number of ketones is 1. The van der Waals surface area contributed by atoms with E-state index < -0.39 is 17.7 Å². The van der Waals surface area contributed by atoms with Crippen molar-refractivity contribution in [2.45, 2.75) is 19.5 Å². The highest BCUT2D eigenvalue weighted by atomic mass is 35.5. The summed E-state index contributed by atoms with van der Waals surface area (Å²) in [5.41, 5.74) is 1.92. The maximum atomic E-state index is 13.1. The Morgan fingerprint density at radius 1 is 1.09 bits per heavy atom. The standard InChI is InChI=1S/C25H21ClN2O4/c1-2-32-20-5-3-4-18(14-20)23(29)21-22(17-6-8-19(26)9-7-17)28(25(31)24(21)30)15-16-10-12-27-13-11-16/h3-14,22,29H,2,15H2,1H3/b23-21+. The van der Waals surface area contributed by atoms with Crippen molar-refractivity contribution in [3.05, 3.63) is 100 Å². The molecule has 3 aromatic rings. The van der Waals surface area contributed by atoms with Crippen molar-refractivity contribution in [2.75, 3.05) is 6.61 Å². The fourth-order valence-electron chi connectivity index (χ4n) is 3.77.